The number of likely N-dealkylation sites (N-methyl/N-ethyl adjacent to an activating group) is 1. The number of primary amides is 1. The molecule has 15 nitrogen and oxygen atoms in total. The van der Waals surface area contributed by atoms with Gasteiger partial charge in [-0.2, -0.15) is 8.42 Å². The summed E-state index contributed by atoms with van der Waals surface area (Å²) in [5, 5.41) is 47.3. The molecule has 0 radical (unpaired) electrons. The number of anilines is 2. The number of aromatic hydroxyl groups is 1. The lowest BCUT2D eigenvalue weighted by atomic mass is 9.57. The number of benzene rings is 1. The minimum atomic E-state index is -4.67. The van der Waals surface area contributed by atoms with E-state index < -0.39 is 74.2 Å². The van der Waals surface area contributed by atoms with Gasteiger partial charge in [0.05, 0.1) is 17.3 Å². The molecule has 0 saturated heterocycles. The third-order valence-electron chi connectivity index (χ3n) is 7.12. The second-order valence-electron chi connectivity index (χ2n) is 9.66. The first kappa shape index (κ1) is 29.9. The van der Waals surface area contributed by atoms with Crippen molar-refractivity contribution >= 4 is 45.0 Å². The molecule has 16 heteroatoms. The van der Waals surface area contributed by atoms with Gasteiger partial charge in [0.1, 0.15) is 22.8 Å². The molecule has 3 aliphatic carbocycles. The molecule has 0 aromatic heterocycles. The lowest BCUT2D eigenvalue weighted by Crippen LogP contribution is -2.65. The van der Waals surface area contributed by atoms with Gasteiger partial charge in [-0.05, 0) is 51.4 Å². The number of nitrogens with one attached hydrogen (secondary N) is 1. The van der Waals surface area contributed by atoms with Crippen LogP contribution in [0.15, 0.2) is 23.0 Å². The largest absolute Gasteiger partial charge is 0.508 e. The number of amides is 1. The molecule has 4 atom stereocenters. The number of carbonyl (C=O) groups excluding carboxylic acids is 3. The molecule has 214 valence electrons. The number of nitrogen functional groups attached to an aromatic ring is 1. The Balaban J connectivity index is 0.000000771. The van der Waals surface area contributed by atoms with Crippen LogP contribution in [0, 0.1) is 11.8 Å². The lowest BCUT2D eigenvalue weighted by molar-refractivity contribution is -0.153. The van der Waals surface area contributed by atoms with Gasteiger partial charge in [-0.3, -0.25) is 28.4 Å². The fraction of sp³-hybridized carbons (Fsp3) is 0.435. The highest BCUT2D eigenvalue weighted by atomic mass is 32.3. The number of nitrogens with zero attached hydrogens (tertiary/aromatic N) is 1. The van der Waals surface area contributed by atoms with Crippen molar-refractivity contribution in [1.29, 1.82) is 0 Å². The Hall–Kier alpha value is -3.70. The number of carbonyl (C=O) groups is 3. The Labute approximate surface area is 223 Å². The number of fused-ring (bicyclic) bond motifs is 3. The fourth-order valence-corrected chi connectivity index (χ4v) is 5.68. The van der Waals surface area contributed by atoms with E-state index in [1.807, 2.05) is 6.92 Å². The number of aliphatic hydroxyl groups excluding tert-OH is 2. The van der Waals surface area contributed by atoms with Gasteiger partial charge in [0.15, 0.2) is 11.4 Å². The minimum Gasteiger partial charge on any atom is -0.508 e. The first-order valence-corrected chi connectivity index (χ1v) is 13.0. The number of ketones is 2. The summed E-state index contributed by atoms with van der Waals surface area (Å²) in [4.78, 5) is 40.2. The maximum absolute atomic E-state index is 13.7. The molecule has 0 bridgehead atoms. The number of phenols is 1. The Morgan fingerprint density at radius 1 is 1.21 bits per heavy atom. The zero-order valence-electron chi connectivity index (χ0n) is 21.2. The van der Waals surface area contributed by atoms with Crippen LogP contribution in [0.4, 0.5) is 11.4 Å². The number of Topliss-reactive ketones (excluding diaryl/α,β-unsaturated/α-hetero) is 2. The maximum Gasteiger partial charge on any atom is 0.394 e. The summed E-state index contributed by atoms with van der Waals surface area (Å²) in [6.45, 7) is 2.40. The van der Waals surface area contributed by atoms with E-state index in [9.17, 15) is 34.8 Å². The van der Waals surface area contributed by atoms with Crippen molar-refractivity contribution in [2.75, 3.05) is 31.7 Å². The Morgan fingerprint density at radius 2 is 1.77 bits per heavy atom. The van der Waals surface area contributed by atoms with Crippen molar-refractivity contribution < 1.29 is 52.3 Å². The van der Waals surface area contributed by atoms with Crippen molar-refractivity contribution in [3.05, 3.63) is 34.1 Å². The van der Waals surface area contributed by atoms with Gasteiger partial charge in [-0.15, -0.1) is 0 Å². The van der Waals surface area contributed by atoms with Crippen LogP contribution in [-0.4, -0.2) is 92.6 Å². The topological polar surface area (TPSA) is 274 Å². The summed E-state index contributed by atoms with van der Waals surface area (Å²) >= 11 is 0. The monoisotopic (exact) mass is 570 g/mol. The normalized spacial score (nSPS) is 26.4. The average molecular weight is 571 g/mol. The molecule has 1 aromatic rings. The first-order chi connectivity index (χ1) is 17.9. The standard InChI is InChI=1S/C23H28N4O7.H2O4S/c1-4-26-12-7-11(24)17(28)14-9(12)5-8-6-10-16(27(2)3)19(30)15(22(25)33)21(32)23(10,34)20(31)13(8)18(14)29;1-5(2,3)4/h7-8,10,16,26,28-29,32,34H,4-6,24H2,1-3H3,(H2,25,33);(H2,1,2,3,4)/t8?,10?,16-,23?;/m0./s1. The van der Waals surface area contributed by atoms with E-state index in [0.29, 0.717) is 17.8 Å². The maximum atomic E-state index is 13.7. The predicted molar refractivity (Wildman–Crippen MR) is 137 cm³/mol. The summed E-state index contributed by atoms with van der Waals surface area (Å²) in [7, 11) is -1.56. The molecule has 39 heavy (non-hydrogen) atoms. The van der Waals surface area contributed by atoms with Gasteiger partial charge in [-0.25, -0.2) is 0 Å². The second kappa shape index (κ2) is 10.1. The highest BCUT2D eigenvalue weighted by Crippen LogP contribution is 2.54. The van der Waals surface area contributed by atoms with Crippen LogP contribution in [0.1, 0.15) is 24.5 Å². The number of nitrogens with two attached hydrogens (primary N) is 2. The molecule has 0 spiro atoms. The third kappa shape index (κ3) is 4.92. The van der Waals surface area contributed by atoms with Crippen molar-refractivity contribution in [1.82, 2.24) is 4.90 Å². The molecule has 1 saturated carbocycles. The summed E-state index contributed by atoms with van der Waals surface area (Å²) in [6, 6.07) is 0.419. The van der Waals surface area contributed by atoms with E-state index in [4.69, 9.17) is 29.0 Å². The fourth-order valence-electron chi connectivity index (χ4n) is 5.68. The number of hydrogen-bond donors (Lipinski definition) is 9. The van der Waals surface area contributed by atoms with Crippen LogP contribution in [-0.2, 0) is 31.2 Å². The van der Waals surface area contributed by atoms with E-state index in [0.717, 1.165) is 0 Å². The van der Waals surface area contributed by atoms with E-state index in [-0.39, 0.29) is 29.7 Å². The van der Waals surface area contributed by atoms with Crippen molar-refractivity contribution in [3.63, 3.8) is 0 Å². The minimum absolute atomic E-state index is 0.0187. The molecule has 3 unspecified atom stereocenters. The van der Waals surface area contributed by atoms with E-state index in [1.165, 1.54) is 11.0 Å². The molecule has 3 aliphatic rings. The molecule has 1 fully saturated rings. The Morgan fingerprint density at radius 3 is 2.26 bits per heavy atom. The lowest BCUT2D eigenvalue weighted by Gasteiger charge is -2.50. The molecule has 1 aromatic carbocycles. The second-order valence-corrected chi connectivity index (χ2v) is 10.6. The first-order valence-electron chi connectivity index (χ1n) is 11.6. The average Bonchev–Trinajstić information content (AvgIpc) is 2.78. The molecule has 1 amide bonds. The highest BCUT2D eigenvalue weighted by molar-refractivity contribution is 7.79. The summed E-state index contributed by atoms with van der Waals surface area (Å²) < 4.78 is 31.6. The number of phenolic OH excluding ortho intramolecular Hbond substituents is 1. The zero-order valence-corrected chi connectivity index (χ0v) is 22.0. The summed E-state index contributed by atoms with van der Waals surface area (Å²) in [5.74, 6) is -6.97. The predicted octanol–water partition coefficient (Wildman–Crippen LogP) is -0.675. The summed E-state index contributed by atoms with van der Waals surface area (Å²) in [5.41, 5.74) is 8.57. The van der Waals surface area contributed by atoms with Crippen molar-refractivity contribution in [3.8, 4) is 5.75 Å². The van der Waals surface area contributed by atoms with E-state index in [1.54, 1.807) is 14.1 Å². The van der Waals surface area contributed by atoms with Crippen molar-refractivity contribution in [2.45, 2.75) is 31.4 Å². The van der Waals surface area contributed by atoms with Gasteiger partial charge in [-0.1, -0.05) is 0 Å². The molecule has 11 N–H and O–H groups in total. The van der Waals surface area contributed by atoms with E-state index in [2.05, 4.69) is 5.32 Å². The number of aliphatic hydroxyl groups is 3. The van der Waals surface area contributed by atoms with Gasteiger partial charge in [0.2, 0.25) is 5.78 Å². The summed E-state index contributed by atoms with van der Waals surface area (Å²) in [6.07, 6.45) is 0.229. The van der Waals surface area contributed by atoms with Crippen LogP contribution in [0.2, 0.25) is 0 Å². The highest BCUT2D eigenvalue weighted by Gasteiger charge is 2.64. The van der Waals surface area contributed by atoms with Crippen LogP contribution in [0.25, 0.3) is 5.76 Å². The number of hydrogen-bond acceptors (Lipinski definition) is 12. The molecular formula is C23H30N4O11S. The molecule has 0 heterocycles. The molecule has 4 rings (SSSR count). The number of rotatable bonds is 4. The Kier molecular flexibility index (Phi) is 7.75. The third-order valence-corrected chi connectivity index (χ3v) is 7.12. The van der Waals surface area contributed by atoms with Crippen LogP contribution in [0.5, 0.6) is 5.75 Å². The van der Waals surface area contributed by atoms with Crippen LogP contribution >= 0.6 is 0 Å². The van der Waals surface area contributed by atoms with Gasteiger partial charge in [0.25, 0.3) is 5.91 Å². The smallest absolute Gasteiger partial charge is 0.394 e. The van der Waals surface area contributed by atoms with Crippen molar-refractivity contribution in [2.24, 2.45) is 17.6 Å². The quantitative estimate of drug-likeness (QED) is 0.0714. The van der Waals surface area contributed by atoms with E-state index >= 15 is 0 Å². The van der Waals surface area contributed by atoms with Gasteiger partial charge >= 0.3 is 10.4 Å². The Bertz CT molecular complexity index is 1430. The SMILES string of the molecule is CCNc1cc(N)c(O)c2c1CC1CC3[C@H](N(C)C)C(=O)C(C(N)=O)=C(O)C3(O)C(=O)C1=C2O.O=S(=O)(O)O. The van der Waals surface area contributed by atoms with Gasteiger partial charge < -0.3 is 37.2 Å². The van der Waals surface area contributed by atoms with Gasteiger partial charge in [0, 0.05) is 23.7 Å². The molecular weight excluding hydrogens is 540 g/mol. The van der Waals surface area contributed by atoms with Crippen LogP contribution < -0.4 is 16.8 Å². The van der Waals surface area contributed by atoms with Crippen LogP contribution in [0.3, 0.4) is 0 Å². The zero-order chi connectivity index (χ0) is 29.8. The molecule has 0 aliphatic heterocycles.